The Morgan fingerprint density at radius 1 is 1.19 bits per heavy atom. The highest BCUT2D eigenvalue weighted by Gasteiger charge is 2.08. The molecule has 0 bridgehead atoms. The van der Waals surface area contributed by atoms with Crippen molar-refractivity contribution in [2.45, 2.75) is 6.42 Å². The highest BCUT2D eigenvalue weighted by Crippen LogP contribution is 2.20. The average Bonchev–Trinajstić information content (AvgIpc) is 2.94. The Bertz CT molecular complexity index is 735. The highest BCUT2D eigenvalue weighted by atomic mass is 15.2. The van der Waals surface area contributed by atoms with Crippen molar-refractivity contribution < 1.29 is 0 Å². The van der Waals surface area contributed by atoms with E-state index in [-0.39, 0.29) is 0 Å². The first-order valence-electron chi connectivity index (χ1n) is 6.68. The third-order valence-corrected chi connectivity index (χ3v) is 3.14. The lowest BCUT2D eigenvalue weighted by molar-refractivity contribution is 0.768. The van der Waals surface area contributed by atoms with E-state index in [2.05, 4.69) is 25.4 Å². The van der Waals surface area contributed by atoms with E-state index >= 15 is 0 Å². The molecule has 0 aliphatic carbocycles. The van der Waals surface area contributed by atoms with Crippen molar-refractivity contribution in [3.63, 3.8) is 0 Å². The smallest absolute Gasteiger partial charge is 0.135 e. The van der Waals surface area contributed by atoms with Crippen molar-refractivity contribution in [2.24, 2.45) is 7.05 Å². The Balaban J connectivity index is 1.97. The van der Waals surface area contributed by atoms with Gasteiger partial charge in [-0.3, -0.25) is 9.67 Å². The molecule has 3 aromatic heterocycles. The zero-order chi connectivity index (χ0) is 14.7. The van der Waals surface area contributed by atoms with Gasteiger partial charge in [-0.05, 0) is 17.7 Å². The van der Waals surface area contributed by atoms with Crippen LogP contribution in [-0.4, -0.2) is 31.8 Å². The zero-order valence-electron chi connectivity index (χ0n) is 12.0. The minimum atomic E-state index is 0.672. The molecule has 1 N–H and O–H groups in total. The Kier molecular flexibility index (Phi) is 3.59. The molecule has 0 aromatic carbocycles. The number of nitrogens with one attached hydrogen (secondary N) is 1. The van der Waals surface area contributed by atoms with Crippen molar-refractivity contribution in [2.75, 3.05) is 12.4 Å². The van der Waals surface area contributed by atoms with Crippen LogP contribution in [0.25, 0.3) is 11.3 Å². The van der Waals surface area contributed by atoms with Gasteiger partial charge in [-0.25, -0.2) is 9.97 Å². The average molecular weight is 280 g/mol. The van der Waals surface area contributed by atoms with E-state index < -0.39 is 0 Å². The van der Waals surface area contributed by atoms with E-state index in [0.29, 0.717) is 6.42 Å². The quantitative estimate of drug-likeness (QED) is 0.790. The van der Waals surface area contributed by atoms with Gasteiger partial charge >= 0.3 is 0 Å². The van der Waals surface area contributed by atoms with Crippen LogP contribution in [0.4, 0.5) is 5.82 Å². The summed E-state index contributed by atoms with van der Waals surface area (Å²) in [7, 11) is 3.74. The number of pyridine rings is 1. The van der Waals surface area contributed by atoms with E-state index in [1.54, 1.807) is 23.3 Å². The van der Waals surface area contributed by atoms with Gasteiger partial charge in [0.25, 0.3) is 0 Å². The minimum Gasteiger partial charge on any atom is -0.373 e. The number of anilines is 1. The largest absolute Gasteiger partial charge is 0.373 e. The van der Waals surface area contributed by atoms with E-state index in [0.717, 1.165) is 28.5 Å². The summed E-state index contributed by atoms with van der Waals surface area (Å²) in [5.41, 5.74) is 2.98. The first kappa shape index (κ1) is 13.2. The predicted octanol–water partition coefficient (Wildman–Crippen LogP) is 1.90. The van der Waals surface area contributed by atoms with Gasteiger partial charge in [0.15, 0.2) is 0 Å². The van der Waals surface area contributed by atoms with Crippen LogP contribution >= 0.6 is 0 Å². The van der Waals surface area contributed by atoms with E-state index in [1.165, 1.54) is 0 Å². The number of rotatable bonds is 4. The van der Waals surface area contributed by atoms with Gasteiger partial charge in [0.2, 0.25) is 0 Å². The molecular weight excluding hydrogens is 264 g/mol. The molecule has 0 unspecified atom stereocenters. The number of hydrogen-bond acceptors (Lipinski definition) is 5. The monoisotopic (exact) mass is 280 g/mol. The van der Waals surface area contributed by atoms with E-state index in [4.69, 9.17) is 0 Å². The molecule has 3 rings (SSSR count). The second kappa shape index (κ2) is 5.70. The maximum absolute atomic E-state index is 4.64. The fourth-order valence-corrected chi connectivity index (χ4v) is 2.09. The summed E-state index contributed by atoms with van der Waals surface area (Å²) in [5.74, 6) is 1.57. The lowest BCUT2D eigenvalue weighted by atomic mass is 10.2. The number of hydrogen-bond donors (Lipinski definition) is 1. The number of aryl methyl sites for hydroxylation is 1. The van der Waals surface area contributed by atoms with Crippen LogP contribution in [0.3, 0.4) is 0 Å². The molecule has 0 amide bonds. The predicted molar refractivity (Wildman–Crippen MR) is 80.8 cm³/mol. The first-order chi connectivity index (χ1) is 10.2. The van der Waals surface area contributed by atoms with Gasteiger partial charge in [0.1, 0.15) is 11.6 Å². The fraction of sp³-hybridized carbons (Fsp3) is 0.200. The van der Waals surface area contributed by atoms with Crippen molar-refractivity contribution in [3.8, 4) is 11.3 Å². The number of nitrogens with zero attached hydrogens (tertiary/aromatic N) is 5. The molecule has 3 aromatic rings. The van der Waals surface area contributed by atoms with Gasteiger partial charge in [-0.15, -0.1) is 0 Å². The van der Waals surface area contributed by atoms with Crippen LogP contribution in [0.5, 0.6) is 0 Å². The molecule has 21 heavy (non-hydrogen) atoms. The van der Waals surface area contributed by atoms with Gasteiger partial charge in [-0.1, -0.05) is 0 Å². The van der Waals surface area contributed by atoms with Crippen LogP contribution < -0.4 is 5.32 Å². The van der Waals surface area contributed by atoms with Gasteiger partial charge in [-0.2, -0.15) is 5.10 Å². The van der Waals surface area contributed by atoms with Crippen LogP contribution in [-0.2, 0) is 13.5 Å². The summed E-state index contributed by atoms with van der Waals surface area (Å²) in [5, 5.41) is 7.27. The second-order valence-corrected chi connectivity index (χ2v) is 4.74. The molecule has 0 saturated heterocycles. The molecule has 0 aliphatic rings. The Labute approximate surface area is 122 Å². The van der Waals surface area contributed by atoms with E-state index in [9.17, 15) is 0 Å². The van der Waals surface area contributed by atoms with Gasteiger partial charge < -0.3 is 5.32 Å². The Hall–Kier alpha value is -2.76. The van der Waals surface area contributed by atoms with Gasteiger partial charge in [0, 0.05) is 50.7 Å². The van der Waals surface area contributed by atoms with Crippen LogP contribution in [0.2, 0.25) is 0 Å². The Morgan fingerprint density at radius 3 is 2.67 bits per heavy atom. The van der Waals surface area contributed by atoms with E-state index in [1.807, 2.05) is 38.5 Å². The van der Waals surface area contributed by atoms with Crippen molar-refractivity contribution in [1.82, 2.24) is 24.7 Å². The summed E-state index contributed by atoms with van der Waals surface area (Å²) in [6.07, 6.45) is 7.97. The molecule has 0 atom stereocenters. The summed E-state index contributed by atoms with van der Waals surface area (Å²) < 4.78 is 1.76. The SMILES string of the molecule is CNc1cc(-c2cnn(C)c2)nc(Cc2ccncc2)n1. The maximum atomic E-state index is 4.64. The third kappa shape index (κ3) is 3.05. The normalized spacial score (nSPS) is 10.6. The van der Waals surface area contributed by atoms with Crippen LogP contribution in [0, 0.1) is 0 Å². The molecule has 6 heteroatoms. The fourth-order valence-electron chi connectivity index (χ4n) is 2.09. The van der Waals surface area contributed by atoms with Crippen molar-refractivity contribution in [3.05, 3.63) is 54.4 Å². The first-order valence-corrected chi connectivity index (χ1v) is 6.68. The third-order valence-electron chi connectivity index (χ3n) is 3.14. The molecule has 0 saturated carbocycles. The van der Waals surface area contributed by atoms with Crippen molar-refractivity contribution >= 4 is 5.82 Å². The van der Waals surface area contributed by atoms with Crippen molar-refractivity contribution in [1.29, 1.82) is 0 Å². The Morgan fingerprint density at radius 2 is 2.00 bits per heavy atom. The molecule has 0 radical (unpaired) electrons. The summed E-state index contributed by atoms with van der Waals surface area (Å²) in [6, 6.07) is 5.87. The van der Waals surface area contributed by atoms with Gasteiger partial charge in [0.05, 0.1) is 11.9 Å². The summed E-state index contributed by atoms with van der Waals surface area (Å²) in [4.78, 5) is 13.2. The molecule has 6 nitrogen and oxygen atoms in total. The summed E-state index contributed by atoms with van der Waals surface area (Å²) >= 11 is 0. The second-order valence-electron chi connectivity index (χ2n) is 4.74. The molecule has 0 aliphatic heterocycles. The highest BCUT2D eigenvalue weighted by molar-refractivity contribution is 5.60. The molecular formula is C15H16N6. The molecule has 3 heterocycles. The summed E-state index contributed by atoms with van der Waals surface area (Å²) in [6.45, 7) is 0. The molecule has 106 valence electrons. The van der Waals surface area contributed by atoms with Crippen LogP contribution in [0.1, 0.15) is 11.4 Å². The standard InChI is InChI=1S/C15H16N6/c1-16-14-8-13(12-9-18-21(2)10-12)19-15(20-14)7-11-3-5-17-6-4-11/h3-6,8-10H,7H2,1-2H3,(H,16,19,20). The maximum Gasteiger partial charge on any atom is 0.135 e. The van der Waals surface area contributed by atoms with Crippen LogP contribution in [0.15, 0.2) is 43.0 Å². The zero-order valence-corrected chi connectivity index (χ0v) is 12.0. The lowest BCUT2D eigenvalue weighted by Gasteiger charge is -2.07. The minimum absolute atomic E-state index is 0.672. The molecule has 0 fully saturated rings. The topological polar surface area (TPSA) is 68.5 Å². The number of aromatic nitrogens is 5. The lowest BCUT2D eigenvalue weighted by Crippen LogP contribution is -2.02. The molecule has 0 spiro atoms.